The van der Waals surface area contributed by atoms with Gasteiger partial charge in [0, 0.05) is 31.3 Å². The van der Waals surface area contributed by atoms with Gasteiger partial charge < -0.3 is 15.7 Å². The molecule has 0 fully saturated rings. The summed E-state index contributed by atoms with van der Waals surface area (Å²) >= 11 is 1.38. The Labute approximate surface area is 149 Å². The van der Waals surface area contributed by atoms with Crippen molar-refractivity contribution < 1.29 is 14.7 Å². The summed E-state index contributed by atoms with van der Waals surface area (Å²) in [6.07, 6.45) is 2.31. The first-order valence-corrected chi connectivity index (χ1v) is 9.14. The van der Waals surface area contributed by atoms with Crippen LogP contribution in [0.2, 0.25) is 0 Å². The Morgan fingerprint density at radius 3 is 2.76 bits per heavy atom. The van der Waals surface area contributed by atoms with Gasteiger partial charge in [-0.2, -0.15) is 5.10 Å². The molecule has 134 valence electrons. The molecule has 1 aliphatic heterocycles. The smallest absolute Gasteiger partial charge is 0.303 e. The van der Waals surface area contributed by atoms with Crippen LogP contribution in [0.3, 0.4) is 0 Å². The number of carbonyl (C=O) groups excluding carboxylic acids is 1. The van der Waals surface area contributed by atoms with Crippen LogP contribution < -0.4 is 5.73 Å². The van der Waals surface area contributed by atoms with E-state index in [2.05, 4.69) is 10.1 Å². The fourth-order valence-electron chi connectivity index (χ4n) is 2.92. The average molecular weight is 363 g/mol. The van der Waals surface area contributed by atoms with Crippen LogP contribution in [0.4, 0.5) is 5.13 Å². The van der Waals surface area contributed by atoms with Gasteiger partial charge in [0.1, 0.15) is 0 Å². The van der Waals surface area contributed by atoms with Crippen molar-refractivity contribution in [3.05, 3.63) is 28.5 Å². The number of rotatable bonds is 6. The molecular formula is C16H21N5O3S. The maximum absolute atomic E-state index is 12.5. The molecule has 0 saturated carbocycles. The molecule has 0 aromatic carbocycles. The van der Waals surface area contributed by atoms with Gasteiger partial charge in [-0.15, -0.1) is 11.3 Å². The number of aromatic nitrogens is 3. The van der Waals surface area contributed by atoms with Gasteiger partial charge in [0.05, 0.1) is 30.0 Å². The summed E-state index contributed by atoms with van der Waals surface area (Å²) in [4.78, 5) is 29.3. The average Bonchev–Trinajstić information content (AvgIpc) is 3.11. The minimum absolute atomic E-state index is 0.0653. The second kappa shape index (κ2) is 7.64. The van der Waals surface area contributed by atoms with Gasteiger partial charge in [-0.05, 0) is 18.9 Å². The topological polar surface area (TPSA) is 114 Å². The van der Waals surface area contributed by atoms with Gasteiger partial charge in [0.25, 0.3) is 0 Å². The fourth-order valence-corrected chi connectivity index (χ4v) is 3.52. The highest BCUT2D eigenvalue weighted by Gasteiger charge is 2.21. The third-order valence-corrected chi connectivity index (χ3v) is 4.90. The number of aryl methyl sites for hydroxylation is 3. The van der Waals surface area contributed by atoms with Gasteiger partial charge in [-0.3, -0.25) is 14.3 Å². The zero-order valence-corrected chi connectivity index (χ0v) is 14.7. The molecule has 3 heterocycles. The molecule has 0 radical (unpaired) electrons. The van der Waals surface area contributed by atoms with E-state index in [1.807, 2.05) is 21.0 Å². The van der Waals surface area contributed by atoms with Crippen LogP contribution in [-0.4, -0.2) is 43.2 Å². The number of carbonyl (C=O) groups is 2. The maximum atomic E-state index is 12.5. The molecule has 0 bridgehead atoms. The molecule has 9 heteroatoms. The van der Waals surface area contributed by atoms with E-state index in [0.717, 1.165) is 30.0 Å². The van der Waals surface area contributed by atoms with Crippen molar-refractivity contribution in [1.29, 1.82) is 0 Å². The first-order valence-electron chi connectivity index (χ1n) is 8.26. The third-order valence-electron chi connectivity index (χ3n) is 4.18. The van der Waals surface area contributed by atoms with Crippen molar-refractivity contribution >= 4 is 28.3 Å². The number of aliphatic carboxylic acids is 1. The van der Waals surface area contributed by atoms with E-state index in [-0.39, 0.29) is 12.3 Å². The van der Waals surface area contributed by atoms with Gasteiger partial charge in [-0.25, -0.2) is 4.98 Å². The van der Waals surface area contributed by atoms with Crippen LogP contribution in [0.15, 0.2) is 11.4 Å². The molecule has 0 atom stereocenters. The lowest BCUT2D eigenvalue weighted by molar-refractivity contribution is -0.137. The Kier molecular flexibility index (Phi) is 5.32. The predicted molar refractivity (Wildman–Crippen MR) is 93.1 cm³/mol. The summed E-state index contributed by atoms with van der Waals surface area (Å²) in [5.74, 6) is -0.740. The zero-order valence-electron chi connectivity index (χ0n) is 13.8. The normalized spacial score (nSPS) is 14.2. The summed E-state index contributed by atoms with van der Waals surface area (Å²) in [6.45, 7) is 1.96. The summed E-state index contributed by atoms with van der Waals surface area (Å²) in [5, 5.41) is 15.7. The minimum Gasteiger partial charge on any atom is -0.481 e. The molecule has 0 aliphatic carbocycles. The molecule has 1 aliphatic rings. The number of carboxylic acids is 1. The number of fused-ring (bicyclic) bond motifs is 1. The largest absolute Gasteiger partial charge is 0.481 e. The molecule has 1 amide bonds. The van der Waals surface area contributed by atoms with E-state index in [1.54, 1.807) is 0 Å². The van der Waals surface area contributed by atoms with Crippen molar-refractivity contribution in [3.8, 4) is 0 Å². The van der Waals surface area contributed by atoms with E-state index < -0.39 is 5.97 Å². The second-order valence-corrected chi connectivity index (χ2v) is 6.98. The lowest BCUT2D eigenvalue weighted by atomic mass is 10.2. The molecule has 3 rings (SSSR count). The van der Waals surface area contributed by atoms with E-state index in [4.69, 9.17) is 10.8 Å². The molecule has 0 saturated heterocycles. The quantitative estimate of drug-likeness (QED) is 0.799. The van der Waals surface area contributed by atoms with Crippen LogP contribution in [0.5, 0.6) is 0 Å². The van der Waals surface area contributed by atoms with Crippen LogP contribution in [0.1, 0.15) is 36.3 Å². The lowest BCUT2D eigenvalue weighted by Gasteiger charge is -2.19. The third kappa shape index (κ3) is 4.56. The van der Waals surface area contributed by atoms with Crippen molar-refractivity contribution in [2.75, 3.05) is 12.3 Å². The standard InChI is InChI=1S/C16H21N5O3S/c17-16-18-12(10-25-16)2-4-14(22)20-6-1-7-21-13(9-20)8-11(19-21)3-5-15(23)24/h8,10H,1-7,9H2,(H2,17,18)(H,23,24). The Bertz CT molecular complexity index is 770. The molecular weight excluding hydrogens is 342 g/mol. The highest BCUT2D eigenvalue weighted by atomic mass is 32.1. The van der Waals surface area contributed by atoms with Gasteiger partial charge in [-0.1, -0.05) is 0 Å². The molecule has 3 N–H and O–H groups in total. The maximum Gasteiger partial charge on any atom is 0.303 e. The number of nitrogen functional groups attached to an aromatic ring is 1. The second-order valence-electron chi connectivity index (χ2n) is 6.09. The predicted octanol–water partition coefficient (Wildman–Crippen LogP) is 1.30. The molecule has 0 spiro atoms. The zero-order chi connectivity index (χ0) is 17.8. The van der Waals surface area contributed by atoms with Crippen molar-refractivity contribution in [2.45, 2.75) is 45.2 Å². The summed E-state index contributed by atoms with van der Waals surface area (Å²) < 4.78 is 1.89. The van der Waals surface area contributed by atoms with E-state index in [0.29, 0.717) is 37.5 Å². The number of thiazole rings is 1. The van der Waals surface area contributed by atoms with E-state index in [1.165, 1.54) is 11.3 Å². The lowest BCUT2D eigenvalue weighted by Crippen LogP contribution is -2.30. The van der Waals surface area contributed by atoms with Crippen LogP contribution in [0, 0.1) is 0 Å². The van der Waals surface area contributed by atoms with Crippen molar-refractivity contribution in [3.63, 3.8) is 0 Å². The SMILES string of the molecule is Nc1nc(CCC(=O)N2CCCn3nc(CCC(=O)O)cc3C2)cs1. The van der Waals surface area contributed by atoms with Gasteiger partial charge in [0.2, 0.25) is 5.91 Å². The highest BCUT2D eigenvalue weighted by Crippen LogP contribution is 2.17. The summed E-state index contributed by atoms with van der Waals surface area (Å²) in [7, 11) is 0. The van der Waals surface area contributed by atoms with Crippen LogP contribution in [-0.2, 0) is 35.5 Å². The molecule has 25 heavy (non-hydrogen) atoms. The summed E-state index contributed by atoms with van der Waals surface area (Å²) in [5.41, 5.74) is 8.20. The van der Waals surface area contributed by atoms with E-state index in [9.17, 15) is 9.59 Å². The number of hydrogen-bond donors (Lipinski definition) is 2. The molecule has 2 aromatic heterocycles. The minimum atomic E-state index is -0.831. The molecule has 8 nitrogen and oxygen atoms in total. The van der Waals surface area contributed by atoms with Crippen LogP contribution >= 0.6 is 11.3 Å². The Morgan fingerprint density at radius 2 is 2.04 bits per heavy atom. The van der Waals surface area contributed by atoms with Crippen molar-refractivity contribution in [2.24, 2.45) is 0 Å². The number of carboxylic acid groups (broad SMARTS) is 1. The first kappa shape index (κ1) is 17.4. The Morgan fingerprint density at radius 1 is 1.24 bits per heavy atom. The first-order chi connectivity index (χ1) is 12.0. The summed E-state index contributed by atoms with van der Waals surface area (Å²) in [6, 6.07) is 1.91. The monoisotopic (exact) mass is 363 g/mol. The van der Waals surface area contributed by atoms with Crippen molar-refractivity contribution in [1.82, 2.24) is 19.7 Å². The number of nitrogens with zero attached hydrogens (tertiary/aromatic N) is 4. The Balaban J connectivity index is 1.60. The van der Waals surface area contributed by atoms with E-state index >= 15 is 0 Å². The number of hydrogen-bond acceptors (Lipinski definition) is 6. The number of anilines is 1. The Hall–Kier alpha value is -2.42. The highest BCUT2D eigenvalue weighted by molar-refractivity contribution is 7.13. The van der Waals surface area contributed by atoms with Gasteiger partial charge in [0.15, 0.2) is 5.13 Å². The fraction of sp³-hybridized carbons (Fsp3) is 0.500. The van der Waals surface area contributed by atoms with Gasteiger partial charge >= 0.3 is 5.97 Å². The molecule has 0 unspecified atom stereocenters. The molecule has 2 aromatic rings. The number of amides is 1. The van der Waals surface area contributed by atoms with Crippen LogP contribution in [0.25, 0.3) is 0 Å². The number of nitrogens with two attached hydrogens (primary N) is 1.